The number of rotatable bonds is 9. The first-order chi connectivity index (χ1) is 18.9. The summed E-state index contributed by atoms with van der Waals surface area (Å²) < 4.78 is 0. The number of H-pyrrole nitrogens is 1. The Morgan fingerprint density at radius 1 is 0.974 bits per heavy atom. The summed E-state index contributed by atoms with van der Waals surface area (Å²) in [5, 5.41) is 6.04. The van der Waals surface area contributed by atoms with E-state index in [1.54, 1.807) is 11.3 Å². The zero-order valence-electron chi connectivity index (χ0n) is 22.9. The van der Waals surface area contributed by atoms with Crippen molar-refractivity contribution in [2.45, 2.75) is 27.7 Å². The second-order valence-electron chi connectivity index (χ2n) is 9.75. The Morgan fingerprint density at radius 2 is 1.69 bits per heavy atom. The molecule has 1 aliphatic heterocycles. The fourth-order valence-electron chi connectivity index (χ4n) is 5.09. The lowest BCUT2D eigenvalue weighted by atomic mass is 10.0. The van der Waals surface area contributed by atoms with Gasteiger partial charge in [0.2, 0.25) is 0 Å². The lowest BCUT2D eigenvalue weighted by molar-refractivity contribution is -0.110. The van der Waals surface area contributed by atoms with E-state index in [1.807, 2.05) is 50.3 Å². The monoisotopic (exact) mass is 538 g/mol. The van der Waals surface area contributed by atoms with Crippen molar-refractivity contribution in [1.29, 1.82) is 0 Å². The van der Waals surface area contributed by atoms with Crippen molar-refractivity contribution in [3.8, 4) is 20.9 Å². The molecule has 0 saturated carbocycles. The summed E-state index contributed by atoms with van der Waals surface area (Å²) >= 11 is 1.73. The van der Waals surface area contributed by atoms with Crippen LogP contribution in [0.15, 0.2) is 60.7 Å². The zero-order chi connectivity index (χ0) is 27.5. The molecule has 0 bridgehead atoms. The number of hydrogen-bond donors (Lipinski definition) is 3. The Balaban J connectivity index is 1.41. The molecule has 1 aliphatic rings. The minimum atomic E-state index is -0.143. The molecule has 6 nitrogen and oxygen atoms in total. The van der Waals surface area contributed by atoms with Gasteiger partial charge >= 0.3 is 0 Å². The Morgan fingerprint density at radius 3 is 2.41 bits per heavy atom. The van der Waals surface area contributed by atoms with Crippen molar-refractivity contribution in [3.05, 3.63) is 88.7 Å². The van der Waals surface area contributed by atoms with Crippen LogP contribution in [0, 0.1) is 13.8 Å². The third kappa shape index (κ3) is 5.46. The van der Waals surface area contributed by atoms with Crippen LogP contribution in [-0.2, 0) is 4.79 Å². The van der Waals surface area contributed by atoms with Gasteiger partial charge in [0.25, 0.3) is 11.8 Å². The third-order valence-electron chi connectivity index (χ3n) is 7.35. The van der Waals surface area contributed by atoms with Gasteiger partial charge in [-0.05, 0) is 74.0 Å². The fraction of sp³-hybridized carbons (Fsp3) is 0.250. The van der Waals surface area contributed by atoms with E-state index in [0.29, 0.717) is 17.7 Å². The Kier molecular flexibility index (Phi) is 7.82. The van der Waals surface area contributed by atoms with Crippen molar-refractivity contribution in [1.82, 2.24) is 15.2 Å². The number of benzene rings is 2. The van der Waals surface area contributed by atoms with Gasteiger partial charge in [-0.15, -0.1) is 11.3 Å². The summed E-state index contributed by atoms with van der Waals surface area (Å²) in [6.07, 6.45) is 1.86. The van der Waals surface area contributed by atoms with Crippen molar-refractivity contribution >= 4 is 40.5 Å². The van der Waals surface area contributed by atoms with Gasteiger partial charge in [0.15, 0.2) is 0 Å². The summed E-state index contributed by atoms with van der Waals surface area (Å²) in [7, 11) is 0. The van der Waals surface area contributed by atoms with Crippen LogP contribution < -0.4 is 10.6 Å². The van der Waals surface area contributed by atoms with E-state index in [-0.39, 0.29) is 11.8 Å². The molecule has 0 radical (unpaired) electrons. The molecular formula is C32H34N4O2S. The van der Waals surface area contributed by atoms with Gasteiger partial charge in [-0.2, -0.15) is 0 Å². The van der Waals surface area contributed by atoms with Gasteiger partial charge in [-0.25, -0.2) is 0 Å². The summed E-state index contributed by atoms with van der Waals surface area (Å²) in [6.45, 7) is 11.4. The molecule has 0 atom stereocenters. The maximum Gasteiger partial charge on any atom is 0.256 e. The Bertz CT molecular complexity index is 1540. The molecule has 2 aromatic carbocycles. The first-order valence-corrected chi connectivity index (χ1v) is 14.2. The smallest absolute Gasteiger partial charge is 0.256 e. The molecule has 0 fully saturated rings. The Labute approximate surface area is 233 Å². The van der Waals surface area contributed by atoms with Gasteiger partial charge in [0.05, 0.1) is 11.1 Å². The lowest BCUT2D eigenvalue weighted by Crippen LogP contribution is -2.35. The molecule has 200 valence electrons. The highest BCUT2D eigenvalue weighted by molar-refractivity contribution is 7.18. The average molecular weight is 539 g/mol. The molecule has 3 heterocycles. The Hall–Kier alpha value is -3.94. The summed E-state index contributed by atoms with van der Waals surface area (Å²) in [6, 6.07) is 20.7. The summed E-state index contributed by atoms with van der Waals surface area (Å²) in [4.78, 5) is 34.0. The maximum atomic E-state index is 13.0. The molecule has 39 heavy (non-hydrogen) atoms. The number of carbonyl (C=O) groups excluding carboxylic acids is 2. The summed E-state index contributed by atoms with van der Waals surface area (Å²) in [5.74, 6) is -0.237. The number of amides is 2. The van der Waals surface area contributed by atoms with E-state index in [0.717, 1.165) is 58.3 Å². The van der Waals surface area contributed by atoms with Crippen LogP contribution in [0.1, 0.15) is 46.7 Å². The molecule has 0 spiro atoms. The van der Waals surface area contributed by atoms with Crippen LogP contribution in [0.3, 0.4) is 0 Å². The van der Waals surface area contributed by atoms with Crippen LogP contribution in [0.25, 0.3) is 32.5 Å². The quantitative estimate of drug-likeness (QED) is 0.210. The van der Waals surface area contributed by atoms with Gasteiger partial charge in [0.1, 0.15) is 0 Å². The van der Waals surface area contributed by atoms with Crippen LogP contribution in [-0.4, -0.2) is 47.9 Å². The molecule has 2 amide bonds. The molecule has 4 aromatic rings. The van der Waals surface area contributed by atoms with Crippen molar-refractivity contribution in [2.75, 3.05) is 31.5 Å². The highest BCUT2D eigenvalue weighted by Gasteiger charge is 2.26. The molecule has 0 unspecified atom stereocenters. The highest BCUT2D eigenvalue weighted by Crippen LogP contribution is 2.40. The number of anilines is 1. The van der Waals surface area contributed by atoms with Gasteiger partial charge < -0.3 is 20.5 Å². The number of aryl methyl sites for hydroxylation is 1. The molecule has 5 rings (SSSR count). The maximum absolute atomic E-state index is 13.0. The van der Waals surface area contributed by atoms with E-state index in [1.165, 1.54) is 10.4 Å². The van der Waals surface area contributed by atoms with E-state index in [2.05, 4.69) is 64.7 Å². The van der Waals surface area contributed by atoms with E-state index < -0.39 is 0 Å². The molecule has 0 aliphatic carbocycles. The fourth-order valence-corrected chi connectivity index (χ4v) is 6.10. The standard InChI is InChI=1S/C32H34N4O2S/c1-5-36(6-2)17-16-33-32(38)30-20(3)27(34-21(30)4)19-25-24-18-23(12-13-26(24)35-31(25)37)29-15-14-28(39-29)22-10-8-7-9-11-22/h7-15,18-19,34H,5-6,16-17H2,1-4H3,(H,33,38)(H,35,37). The first kappa shape index (κ1) is 26.7. The summed E-state index contributed by atoms with van der Waals surface area (Å²) in [5.41, 5.74) is 7.54. The topological polar surface area (TPSA) is 77.2 Å². The van der Waals surface area contributed by atoms with E-state index in [4.69, 9.17) is 0 Å². The van der Waals surface area contributed by atoms with Crippen molar-refractivity contribution in [3.63, 3.8) is 0 Å². The third-order valence-corrected chi connectivity index (χ3v) is 8.53. The van der Waals surface area contributed by atoms with Crippen molar-refractivity contribution < 1.29 is 9.59 Å². The highest BCUT2D eigenvalue weighted by atomic mass is 32.1. The first-order valence-electron chi connectivity index (χ1n) is 13.4. The number of nitrogens with zero attached hydrogens (tertiary/aromatic N) is 1. The number of fused-ring (bicyclic) bond motifs is 1. The molecular weight excluding hydrogens is 504 g/mol. The van der Waals surface area contributed by atoms with Crippen molar-refractivity contribution in [2.24, 2.45) is 0 Å². The van der Waals surface area contributed by atoms with Crippen LogP contribution >= 0.6 is 11.3 Å². The normalized spacial score (nSPS) is 13.7. The predicted octanol–water partition coefficient (Wildman–Crippen LogP) is 6.59. The second kappa shape index (κ2) is 11.4. The van der Waals surface area contributed by atoms with E-state index >= 15 is 0 Å². The van der Waals surface area contributed by atoms with Gasteiger partial charge in [-0.3, -0.25) is 9.59 Å². The molecule has 7 heteroatoms. The van der Waals surface area contributed by atoms with Gasteiger partial charge in [-0.1, -0.05) is 50.2 Å². The van der Waals surface area contributed by atoms with Crippen LogP contribution in [0.2, 0.25) is 0 Å². The number of aromatic amines is 1. The lowest BCUT2D eigenvalue weighted by Gasteiger charge is -2.18. The molecule has 3 N–H and O–H groups in total. The number of likely N-dealkylation sites (N-methyl/N-ethyl adjacent to an activating group) is 1. The van der Waals surface area contributed by atoms with Gasteiger partial charge in [0, 0.05) is 45.5 Å². The van der Waals surface area contributed by atoms with Crippen LogP contribution in [0.5, 0.6) is 0 Å². The zero-order valence-corrected chi connectivity index (χ0v) is 23.7. The number of aromatic nitrogens is 1. The average Bonchev–Trinajstić information content (AvgIpc) is 3.63. The number of nitrogens with one attached hydrogen (secondary N) is 3. The number of carbonyl (C=O) groups is 2. The van der Waals surface area contributed by atoms with E-state index in [9.17, 15) is 9.59 Å². The minimum absolute atomic E-state index is 0.0940. The number of hydrogen-bond acceptors (Lipinski definition) is 4. The second-order valence-corrected chi connectivity index (χ2v) is 10.8. The SMILES string of the molecule is CCN(CC)CCNC(=O)c1c(C)[nH]c(C=C2C(=O)Nc3ccc(-c4ccc(-c5ccccc5)s4)cc32)c1C. The predicted molar refractivity (Wildman–Crippen MR) is 162 cm³/mol. The molecule has 0 saturated heterocycles. The number of thiophene rings is 1. The minimum Gasteiger partial charge on any atom is -0.358 e. The largest absolute Gasteiger partial charge is 0.358 e. The molecule has 2 aromatic heterocycles. The van der Waals surface area contributed by atoms with Crippen LogP contribution in [0.4, 0.5) is 5.69 Å².